The Morgan fingerprint density at radius 2 is 2.00 bits per heavy atom. The molecule has 0 aromatic heterocycles. The van der Waals surface area contributed by atoms with Gasteiger partial charge in [0.2, 0.25) is 0 Å². The quantitative estimate of drug-likeness (QED) is 0.702. The van der Waals surface area contributed by atoms with Crippen molar-refractivity contribution in [2.75, 3.05) is 18.1 Å². The normalized spacial score (nSPS) is 17.5. The first-order valence-electron chi connectivity index (χ1n) is 9.11. The van der Waals surface area contributed by atoms with E-state index in [1.165, 1.54) is 6.07 Å². The molecule has 1 aliphatic rings. The molecule has 0 aliphatic carbocycles. The Labute approximate surface area is 157 Å². The van der Waals surface area contributed by atoms with Gasteiger partial charge in [0.25, 0.3) is 0 Å². The van der Waals surface area contributed by atoms with Crippen LogP contribution >= 0.6 is 0 Å². The van der Waals surface area contributed by atoms with E-state index in [1.807, 2.05) is 0 Å². The third-order valence-electron chi connectivity index (χ3n) is 4.71. The smallest absolute Gasteiger partial charge is 0.416 e. The fraction of sp³-hybridized carbons (Fsp3) is 0.550. The van der Waals surface area contributed by atoms with E-state index in [1.54, 1.807) is 18.7 Å². The van der Waals surface area contributed by atoms with Crippen LogP contribution in [0.3, 0.4) is 0 Å². The molecule has 0 amide bonds. The number of carboxylic acids is 1. The number of allylic oxidation sites excluding steroid dienone is 1. The Kier molecular flexibility index (Phi) is 6.57. The summed E-state index contributed by atoms with van der Waals surface area (Å²) in [6.45, 7) is 8.16. The van der Waals surface area contributed by atoms with Crippen LogP contribution in [0.4, 0.5) is 18.9 Å². The second-order valence-corrected chi connectivity index (χ2v) is 7.11. The van der Waals surface area contributed by atoms with Crippen LogP contribution in [-0.4, -0.2) is 30.5 Å². The molecule has 1 atom stereocenters. The van der Waals surface area contributed by atoms with Gasteiger partial charge in [-0.1, -0.05) is 19.9 Å². The summed E-state index contributed by atoms with van der Waals surface area (Å²) in [4.78, 5) is 13.5. The number of alkyl halides is 3. The number of halogens is 3. The molecule has 27 heavy (non-hydrogen) atoms. The molecule has 1 N–H and O–H groups in total. The molecule has 4 nitrogen and oxygen atoms in total. The van der Waals surface area contributed by atoms with Crippen LogP contribution in [0.25, 0.3) is 5.57 Å². The molecule has 0 fully saturated rings. The maximum absolute atomic E-state index is 13.2. The number of rotatable bonds is 7. The molecule has 7 heteroatoms. The van der Waals surface area contributed by atoms with Gasteiger partial charge in [-0.15, -0.1) is 0 Å². The zero-order chi connectivity index (χ0) is 20.4. The highest BCUT2D eigenvalue weighted by Gasteiger charge is 2.38. The van der Waals surface area contributed by atoms with Crippen molar-refractivity contribution in [3.05, 3.63) is 34.9 Å². The van der Waals surface area contributed by atoms with Crippen LogP contribution < -0.4 is 4.90 Å². The first-order valence-corrected chi connectivity index (χ1v) is 9.11. The van der Waals surface area contributed by atoms with Gasteiger partial charge < -0.3 is 14.7 Å². The van der Waals surface area contributed by atoms with Gasteiger partial charge in [0, 0.05) is 24.4 Å². The van der Waals surface area contributed by atoms with Gasteiger partial charge in [-0.05, 0) is 50.3 Å². The van der Waals surface area contributed by atoms with Gasteiger partial charge in [-0.3, -0.25) is 0 Å². The number of nitrogens with zero attached hydrogens (tertiary/aromatic N) is 1. The largest absolute Gasteiger partial charge is 0.478 e. The molecule has 1 unspecified atom stereocenters. The second kappa shape index (κ2) is 8.33. The summed E-state index contributed by atoms with van der Waals surface area (Å²) in [6.07, 6.45) is -3.77. The van der Waals surface area contributed by atoms with Crippen molar-refractivity contribution >= 4 is 17.2 Å². The van der Waals surface area contributed by atoms with Crippen molar-refractivity contribution < 1.29 is 27.8 Å². The minimum absolute atomic E-state index is 0.0775. The van der Waals surface area contributed by atoms with Crippen LogP contribution in [0.5, 0.6) is 0 Å². The monoisotopic (exact) mass is 385 g/mol. The number of carbonyl (C=O) groups is 1. The first-order chi connectivity index (χ1) is 12.6. The van der Waals surface area contributed by atoms with E-state index in [2.05, 4.69) is 13.8 Å². The summed E-state index contributed by atoms with van der Waals surface area (Å²) < 4.78 is 45.4. The summed E-state index contributed by atoms with van der Waals surface area (Å²) in [5, 5.41) is 9.70. The third-order valence-corrected chi connectivity index (χ3v) is 4.71. The van der Waals surface area contributed by atoms with Crippen molar-refractivity contribution in [1.82, 2.24) is 0 Å². The van der Waals surface area contributed by atoms with E-state index in [4.69, 9.17) is 4.74 Å². The fourth-order valence-corrected chi connectivity index (χ4v) is 3.38. The topological polar surface area (TPSA) is 49.8 Å². The molecule has 1 aliphatic heterocycles. The molecule has 1 heterocycles. The maximum atomic E-state index is 13.2. The van der Waals surface area contributed by atoms with Crippen LogP contribution in [0.1, 0.15) is 51.7 Å². The molecule has 2 rings (SSSR count). The molecule has 0 saturated heterocycles. The Morgan fingerprint density at radius 1 is 1.33 bits per heavy atom. The maximum Gasteiger partial charge on any atom is 0.416 e. The predicted octanol–water partition coefficient (Wildman–Crippen LogP) is 5.18. The van der Waals surface area contributed by atoms with Gasteiger partial charge in [0.05, 0.1) is 11.1 Å². The molecular formula is C20H26F3NO3. The first kappa shape index (κ1) is 21.3. The number of hydrogen-bond acceptors (Lipinski definition) is 3. The summed E-state index contributed by atoms with van der Waals surface area (Å²) in [7, 11) is 0. The van der Waals surface area contributed by atoms with Crippen molar-refractivity contribution in [3.63, 3.8) is 0 Å². The van der Waals surface area contributed by atoms with Crippen LogP contribution in [0.2, 0.25) is 0 Å². The highest BCUT2D eigenvalue weighted by atomic mass is 19.4. The minimum atomic E-state index is -4.47. The Morgan fingerprint density at radius 3 is 2.52 bits per heavy atom. The van der Waals surface area contributed by atoms with Crippen LogP contribution in [-0.2, 0) is 15.7 Å². The van der Waals surface area contributed by atoms with E-state index in [0.717, 1.165) is 25.0 Å². The lowest BCUT2D eigenvalue weighted by atomic mass is 9.91. The van der Waals surface area contributed by atoms with Gasteiger partial charge in [-0.2, -0.15) is 13.2 Å². The van der Waals surface area contributed by atoms with E-state index >= 15 is 0 Å². The summed E-state index contributed by atoms with van der Waals surface area (Å²) >= 11 is 0. The zero-order valence-corrected chi connectivity index (χ0v) is 16.1. The number of aliphatic carboxylic acids is 1. The average Bonchev–Trinajstić information content (AvgIpc) is 2.56. The molecule has 1 aromatic rings. The zero-order valence-electron chi connectivity index (χ0n) is 16.1. The SMILES string of the molecule is CCOC1C(C(=O)O)=C(C)c2ccc(C(F)(F)F)cc2N1CCCC(C)C. The fourth-order valence-electron chi connectivity index (χ4n) is 3.38. The number of hydrogen-bond donors (Lipinski definition) is 1. The van der Waals surface area contributed by atoms with E-state index in [9.17, 15) is 23.1 Å². The number of ether oxygens (including phenoxy) is 1. The van der Waals surface area contributed by atoms with Crippen molar-refractivity contribution in [1.29, 1.82) is 0 Å². The number of carboxylic acid groups (broad SMARTS) is 1. The highest BCUT2D eigenvalue weighted by Crippen LogP contribution is 2.42. The summed E-state index contributed by atoms with van der Waals surface area (Å²) in [5.74, 6) is -0.678. The summed E-state index contributed by atoms with van der Waals surface area (Å²) in [5.41, 5.74) is 0.630. The molecule has 0 bridgehead atoms. The van der Waals surface area contributed by atoms with Crippen molar-refractivity contribution in [2.45, 2.75) is 52.9 Å². The second-order valence-electron chi connectivity index (χ2n) is 7.11. The van der Waals surface area contributed by atoms with Crippen molar-refractivity contribution in [3.8, 4) is 0 Å². The molecular weight excluding hydrogens is 359 g/mol. The minimum Gasteiger partial charge on any atom is -0.478 e. The Bertz CT molecular complexity index is 726. The molecule has 150 valence electrons. The van der Waals surface area contributed by atoms with E-state index < -0.39 is 23.9 Å². The Hall–Kier alpha value is -2.02. The van der Waals surface area contributed by atoms with Crippen molar-refractivity contribution in [2.24, 2.45) is 5.92 Å². The lowest BCUT2D eigenvalue weighted by Crippen LogP contribution is -2.45. The lowest BCUT2D eigenvalue weighted by molar-refractivity contribution is -0.138. The standard InChI is InChI=1S/C20H26F3NO3/c1-5-27-18-17(19(25)26)13(4)15-9-8-14(20(21,22)23)11-16(15)24(18)10-6-7-12(2)3/h8-9,11-12,18H,5-7,10H2,1-4H3,(H,25,26). The van der Waals surface area contributed by atoms with Crippen LogP contribution in [0, 0.1) is 5.92 Å². The summed E-state index contributed by atoms with van der Waals surface area (Å²) in [6, 6.07) is 3.45. The number of anilines is 1. The van der Waals surface area contributed by atoms with Gasteiger partial charge >= 0.3 is 12.1 Å². The Balaban J connectivity index is 2.58. The van der Waals surface area contributed by atoms with Gasteiger partial charge in [0.15, 0.2) is 6.23 Å². The van der Waals surface area contributed by atoms with Crippen LogP contribution in [0.15, 0.2) is 23.8 Å². The lowest BCUT2D eigenvalue weighted by Gasteiger charge is -2.39. The molecule has 0 saturated carbocycles. The predicted molar refractivity (Wildman–Crippen MR) is 98.5 cm³/mol. The number of fused-ring (bicyclic) bond motifs is 1. The van der Waals surface area contributed by atoms with Gasteiger partial charge in [0.1, 0.15) is 0 Å². The molecule has 0 radical (unpaired) electrons. The van der Waals surface area contributed by atoms with E-state index in [0.29, 0.717) is 29.3 Å². The van der Waals surface area contributed by atoms with Gasteiger partial charge in [-0.25, -0.2) is 4.79 Å². The third kappa shape index (κ3) is 4.64. The average molecular weight is 385 g/mol. The molecule has 1 aromatic carbocycles. The molecule has 0 spiro atoms. The highest BCUT2D eigenvalue weighted by molar-refractivity contribution is 6.01. The van der Waals surface area contributed by atoms with E-state index in [-0.39, 0.29) is 12.2 Å². The number of benzene rings is 1.